The van der Waals surface area contributed by atoms with Gasteiger partial charge in [0.1, 0.15) is 12.1 Å². The maximum atomic E-state index is 12.6. The lowest BCUT2D eigenvalue weighted by molar-refractivity contribution is -0.131. The van der Waals surface area contributed by atoms with Crippen LogP contribution in [-0.4, -0.2) is 27.4 Å². The fourth-order valence-corrected chi connectivity index (χ4v) is 3.95. The number of hydrogen-bond donors (Lipinski definition) is 0. The molecule has 0 saturated carbocycles. The Kier molecular flexibility index (Phi) is 4.67. The summed E-state index contributed by atoms with van der Waals surface area (Å²) in [6.07, 6.45) is 0. The van der Waals surface area contributed by atoms with Crippen molar-refractivity contribution in [1.29, 1.82) is 0 Å². The lowest BCUT2D eigenvalue weighted by Gasteiger charge is -2.15. The largest absolute Gasteiger partial charge is 0.439 e. The van der Waals surface area contributed by atoms with Crippen LogP contribution in [-0.2, 0) is 17.9 Å². The smallest absolute Gasteiger partial charge is 0.308 e. The lowest BCUT2D eigenvalue weighted by atomic mass is 10.3. The van der Waals surface area contributed by atoms with E-state index >= 15 is 0 Å². The molecule has 2 aromatic heterocycles. The molecule has 27 heavy (non-hydrogen) atoms. The highest BCUT2D eigenvalue weighted by Crippen LogP contribution is 2.22. The number of nitrogens with zero attached hydrogens (tertiary/aromatic N) is 3. The van der Waals surface area contributed by atoms with Crippen molar-refractivity contribution in [2.24, 2.45) is 0 Å². The minimum Gasteiger partial charge on any atom is -0.439 e. The van der Waals surface area contributed by atoms with Crippen LogP contribution in [0.1, 0.15) is 5.89 Å². The monoisotopic (exact) mass is 421 g/mol. The van der Waals surface area contributed by atoms with Gasteiger partial charge in [-0.1, -0.05) is 34.5 Å². The van der Waals surface area contributed by atoms with E-state index in [4.69, 9.17) is 27.6 Å². The van der Waals surface area contributed by atoms with Gasteiger partial charge in [0.05, 0.1) is 16.8 Å². The molecule has 6 nitrogen and oxygen atoms in total. The van der Waals surface area contributed by atoms with Gasteiger partial charge >= 0.3 is 4.87 Å². The molecule has 0 spiro atoms. The van der Waals surface area contributed by atoms with Gasteiger partial charge in [-0.05, 0) is 36.4 Å². The molecule has 0 N–H and O–H groups in total. The van der Waals surface area contributed by atoms with Crippen LogP contribution in [0.5, 0.6) is 0 Å². The fourth-order valence-electron chi connectivity index (χ4n) is 2.75. The Balaban J connectivity index is 1.55. The van der Waals surface area contributed by atoms with Crippen molar-refractivity contribution in [3.63, 3.8) is 0 Å². The highest BCUT2D eigenvalue weighted by atomic mass is 35.5. The Hall–Kier alpha value is -2.35. The second-order valence-electron chi connectivity index (χ2n) is 6.04. The Labute approximate surface area is 167 Å². The summed E-state index contributed by atoms with van der Waals surface area (Å²) in [5.41, 5.74) is 1.88. The first-order valence-electron chi connectivity index (χ1n) is 7.98. The summed E-state index contributed by atoms with van der Waals surface area (Å²) in [6.45, 7) is 0.102. The molecule has 2 aromatic carbocycles. The topological polar surface area (TPSA) is 68.3 Å². The second-order valence-corrected chi connectivity index (χ2v) is 7.90. The van der Waals surface area contributed by atoms with Gasteiger partial charge < -0.3 is 9.32 Å². The number of oxazole rings is 1. The molecular formula is C18H13Cl2N3O3S. The number of fused-ring (bicyclic) bond motifs is 2. The van der Waals surface area contributed by atoms with Gasteiger partial charge in [0, 0.05) is 17.1 Å². The number of thiazole rings is 1. The van der Waals surface area contributed by atoms with Crippen LogP contribution < -0.4 is 4.87 Å². The molecule has 4 rings (SSSR count). The number of rotatable bonds is 4. The Morgan fingerprint density at radius 1 is 1.22 bits per heavy atom. The van der Waals surface area contributed by atoms with Crippen molar-refractivity contribution >= 4 is 61.8 Å². The maximum absolute atomic E-state index is 12.6. The zero-order chi connectivity index (χ0) is 19.1. The number of hydrogen-bond acceptors (Lipinski definition) is 5. The molecule has 2 heterocycles. The zero-order valence-corrected chi connectivity index (χ0v) is 16.4. The second kappa shape index (κ2) is 6.99. The summed E-state index contributed by atoms with van der Waals surface area (Å²) in [4.78, 5) is 30.5. The van der Waals surface area contributed by atoms with Gasteiger partial charge in [-0.3, -0.25) is 14.2 Å². The fraction of sp³-hybridized carbons (Fsp3) is 0.167. The van der Waals surface area contributed by atoms with Crippen LogP contribution in [0.2, 0.25) is 10.0 Å². The standard InChI is InChI=1S/C18H13Cl2N3O3S/c1-22(8-16-21-12-6-10(19)2-4-14(12)26-16)17(24)9-23-13-7-11(20)3-5-15(13)27-18(23)25/h2-7H,8-9H2,1H3. The van der Waals surface area contributed by atoms with E-state index in [1.54, 1.807) is 43.4 Å². The lowest BCUT2D eigenvalue weighted by Crippen LogP contribution is -2.32. The summed E-state index contributed by atoms with van der Waals surface area (Å²) < 4.78 is 7.86. The van der Waals surface area contributed by atoms with Gasteiger partial charge in [0.25, 0.3) is 0 Å². The van der Waals surface area contributed by atoms with Crippen molar-refractivity contribution in [2.45, 2.75) is 13.1 Å². The van der Waals surface area contributed by atoms with Crippen LogP contribution in [0, 0.1) is 0 Å². The predicted molar refractivity (Wildman–Crippen MR) is 107 cm³/mol. The van der Waals surface area contributed by atoms with Crippen LogP contribution >= 0.6 is 34.5 Å². The molecule has 0 bridgehead atoms. The number of carbonyl (C=O) groups excluding carboxylic acids is 1. The molecule has 0 aliphatic rings. The van der Waals surface area contributed by atoms with Crippen LogP contribution in [0.3, 0.4) is 0 Å². The van der Waals surface area contributed by atoms with E-state index < -0.39 is 0 Å². The van der Waals surface area contributed by atoms with Crippen molar-refractivity contribution < 1.29 is 9.21 Å². The van der Waals surface area contributed by atoms with Crippen LogP contribution in [0.4, 0.5) is 0 Å². The zero-order valence-electron chi connectivity index (χ0n) is 14.1. The molecule has 0 aliphatic heterocycles. The van der Waals surface area contributed by atoms with E-state index in [0.717, 1.165) is 16.0 Å². The normalized spacial score (nSPS) is 11.4. The van der Waals surface area contributed by atoms with E-state index in [0.29, 0.717) is 32.6 Å². The first kappa shape index (κ1) is 18.0. The first-order valence-corrected chi connectivity index (χ1v) is 9.56. The minimum absolute atomic E-state index is 0.0816. The minimum atomic E-state index is -0.239. The van der Waals surface area contributed by atoms with Crippen molar-refractivity contribution in [1.82, 2.24) is 14.5 Å². The third-order valence-corrected chi connectivity index (χ3v) is 5.55. The van der Waals surface area contributed by atoms with Gasteiger partial charge in [-0.2, -0.15) is 0 Å². The summed E-state index contributed by atoms with van der Waals surface area (Å²) >= 11 is 13.1. The van der Waals surface area contributed by atoms with E-state index in [1.165, 1.54) is 9.47 Å². The molecule has 0 radical (unpaired) electrons. The van der Waals surface area contributed by atoms with Gasteiger partial charge in [-0.25, -0.2) is 4.98 Å². The van der Waals surface area contributed by atoms with Crippen molar-refractivity contribution in [3.8, 4) is 0 Å². The molecule has 138 valence electrons. The Bertz CT molecular complexity index is 1230. The summed E-state index contributed by atoms with van der Waals surface area (Å²) in [6, 6.07) is 10.3. The molecule has 1 amide bonds. The predicted octanol–water partition coefficient (Wildman–Crippen LogP) is 4.17. The summed E-state index contributed by atoms with van der Waals surface area (Å²) in [5, 5.41) is 1.08. The van der Waals surface area contributed by atoms with Crippen LogP contribution in [0.15, 0.2) is 45.6 Å². The SMILES string of the molecule is CN(Cc1nc2cc(Cl)ccc2o1)C(=O)Cn1c(=O)sc2ccc(Cl)cc21. The summed E-state index contributed by atoms with van der Waals surface area (Å²) in [7, 11) is 1.64. The van der Waals surface area contributed by atoms with Gasteiger partial charge in [0.15, 0.2) is 5.58 Å². The number of amides is 1. The molecule has 4 aromatic rings. The van der Waals surface area contributed by atoms with E-state index in [2.05, 4.69) is 4.98 Å². The number of aromatic nitrogens is 2. The Morgan fingerprint density at radius 3 is 2.78 bits per heavy atom. The number of benzene rings is 2. The molecule has 0 fully saturated rings. The number of carbonyl (C=O) groups is 1. The maximum Gasteiger partial charge on any atom is 0.308 e. The number of likely N-dealkylation sites (N-methyl/N-ethyl adjacent to an activating group) is 1. The molecular weight excluding hydrogens is 409 g/mol. The van der Waals surface area contributed by atoms with Crippen molar-refractivity contribution in [2.75, 3.05) is 7.05 Å². The van der Waals surface area contributed by atoms with E-state index in [1.807, 2.05) is 0 Å². The van der Waals surface area contributed by atoms with Crippen molar-refractivity contribution in [3.05, 3.63) is 62.0 Å². The average Bonchev–Trinajstić information content (AvgIpc) is 3.15. The molecule has 9 heteroatoms. The number of halogens is 2. The molecule has 0 saturated heterocycles. The van der Waals surface area contributed by atoms with Gasteiger partial charge in [0.2, 0.25) is 11.8 Å². The van der Waals surface area contributed by atoms with Crippen LogP contribution in [0.25, 0.3) is 21.3 Å². The third-order valence-electron chi connectivity index (χ3n) is 4.11. The first-order chi connectivity index (χ1) is 12.9. The third kappa shape index (κ3) is 3.58. The van der Waals surface area contributed by atoms with Gasteiger partial charge in [-0.15, -0.1) is 0 Å². The average molecular weight is 422 g/mol. The highest BCUT2D eigenvalue weighted by molar-refractivity contribution is 7.16. The molecule has 0 aliphatic carbocycles. The van der Waals surface area contributed by atoms with E-state index in [-0.39, 0.29) is 23.9 Å². The summed E-state index contributed by atoms with van der Waals surface area (Å²) in [5.74, 6) is 0.158. The Morgan fingerprint density at radius 2 is 1.96 bits per heavy atom. The van der Waals surface area contributed by atoms with E-state index in [9.17, 15) is 9.59 Å². The highest BCUT2D eigenvalue weighted by Gasteiger charge is 2.17. The molecule has 0 unspecified atom stereocenters. The quantitative estimate of drug-likeness (QED) is 0.495. The molecule has 0 atom stereocenters.